The SMILES string of the molecule is C=CC(C)NC(=O)c1cccc([N+](=O)[O-])c1Br. The molecule has 1 aromatic rings. The first kappa shape index (κ1) is 13.4. The van der Waals surface area contributed by atoms with Gasteiger partial charge >= 0.3 is 0 Å². The molecule has 0 bridgehead atoms. The summed E-state index contributed by atoms with van der Waals surface area (Å²) >= 11 is 3.07. The number of carbonyl (C=O) groups excluding carboxylic acids is 1. The summed E-state index contributed by atoms with van der Waals surface area (Å²) in [6, 6.07) is 4.12. The second kappa shape index (κ2) is 5.58. The van der Waals surface area contributed by atoms with Gasteiger partial charge in [-0.15, -0.1) is 6.58 Å². The highest BCUT2D eigenvalue weighted by molar-refractivity contribution is 9.10. The van der Waals surface area contributed by atoms with Gasteiger partial charge in [0, 0.05) is 12.1 Å². The van der Waals surface area contributed by atoms with Gasteiger partial charge in [0.25, 0.3) is 11.6 Å². The molecule has 0 aliphatic carbocycles. The first-order valence-electron chi connectivity index (χ1n) is 4.83. The van der Waals surface area contributed by atoms with Gasteiger partial charge in [0.15, 0.2) is 0 Å². The molecule has 0 spiro atoms. The van der Waals surface area contributed by atoms with E-state index in [0.29, 0.717) is 0 Å². The standard InChI is InChI=1S/C11H11BrN2O3/c1-3-7(2)13-11(15)8-5-4-6-9(10(8)12)14(16)17/h3-7H,1H2,2H3,(H,13,15). The predicted molar refractivity (Wildman–Crippen MR) is 67.9 cm³/mol. The Morgan fingerprint density at radius 3 is 2.82 bits per heavy atom. The van der Waals surface area contributed by atoms with Gasteiger partial charge in [0.05, 0.1) is 10.5 Å². The van der Waals surface area contributed by atoms with Gasteiger partial charge in [-0.3, -0.25) is 14.9 Å². The smallest absolute Gasteiger partial charge is 0.284 e. The topological polar surface area (TPSA) is 72.2 Å². The maximum Gasteiger partial charge on any atom is 0.284 e. The number of hydrogen-bond donors (Lipinski definition) is 1. The van der Waals surface area contributed by atoms with Gasteiger partial charge in [-0.25, -0.2) is 0 Å². The Morgan fingerprint density at radius 2 is 2.29 bits per heavy atom. The van der Waals surface area contributed by atoms with Crippen molar-refractivity contribution in [3.05, 3.63) is 51.0 Å². The molecular weight excluding hydrogens is 288 g/mol. The lowest BCUT2D eigenvalue weighted by Gasteiger charge is -2.10. The fourth-order valence-electron chi connectivity index (χ4n) is 1.18. The summed E-state index contributed by atoms with van der Waals surface area (Å²) in [5.74, 6) is -0.382. The van der Waals surface area contributed by atoms with Crippen LogP contribution in [0.25, 0.3) is 0 Å². The Labute approximate surface area is 107 Å². The Bertz CT molecular complexity index is 474. The van der Waals surface area contributed by atoms with E-state index in [1.165, 1.54) is 18.2 Å². The third-order valence-corrected chi connectivity index (χ3v) is 2.97. The monoisotopic (exact) mass is 298 g/mol. The van der Waals surface area contributed by atoms with Crippen LogP contribution in [0.4, 0.5) is 5.69 Å². The largest absolute Gasteiger partial charge is 0.346 e. The number of nitro groups is 1. The van der Waals surface area contributed by atoms with Gasteiger partial charge < -0.3 is 5.32 Å². The van der Waals surface area contributed by atoms with E-state index in [1.807, 2.05) is 0 Å². The predicted octanol–water partition coefficient (Wildman–Crippen LogP) is 2.66. The van der Waals surface area contributed by atoms with Crippen LogP contribution in [0.15, 0.2) is 35.3 Å². The van der Waals surface area contributed by atoms with Crippen LogP contribution in [-0.4, -0.2) is 16.9 Å². The van der Waals surface area contributed by atoms with Crippen molar-refractivity contribution in [1.29, 1.82) is 0 Å². The lowest BCUT2D eigenvalue weighted by atomic mass is 10.2. The van der Waals surface area contributed by atoms with Crippen molar-refractivity contribution in [1.82, 2.24) is 5.32 Å². The minimum Gasteiger partial charge on any atom is -0.346 e. The van der Waals surface area contributed by atoms with Crippen molar-refractivity contribution >= 4 is 27.5 Å². The average Bonchev–Trinajstić information content (AvgIpc) is 2.28. The molecule has 0 saturated carbocycles. The van der Waals surface area contributed by atoms with Gasteiger partial charge in [0.2, 0.25) is 0 Å². The summed E-state index contributed by atoms with van der Waals surface area (Å²) in [4.78, 5) is 22.0. The van der Waals surface area contributed by atoms with Crippen LogP contribution in [0.1, 0.15) is 17.3 Å². The van der Waals surface area contributed by atoms with Crippen molar-refractivity contribution in [3.8, 4) is 0 Å². The van der Waals surface area contributed by atoms with Crippen molar-refractivity contribution in [3.63, 3.8) is 0 Å². The molecule has 6 heteroatoms. The number of nitro benzene ring substituents is 1. The summed E-state index contributed by atoms with van der Waals surface area (Å²) in [6.45, 7) is 5.30. The van der Waals surface area contributed by atoms with E-state index in [2.05, 4.69) is 27.8 Å². The number of nitrogens with zero attached hydrogens (tertiary/aromatic N) is 1. The molecule has 0 radical (unpaired) electrons. The highest BCUT2D eigenvalue weighted by Crippen LogP contribution is 2.28. The Kier molecular flexibility index (Phi) is 4.39. The van der Waals surface area contributed by atoms with Crippen LogP contribution < -0.4 is 5.32 Å². The highest BCUT2D eigenvalue weighted by Gasteiger charge is 2.19. The normalized spacial score (nSPS) is 11.6. The first-order valence-corrected chi connectivity index (χ1v) is 5.63. The highest BCUT2D eigenvalue weighted by atomic mass is 79.9. The Balaban J connectivity index is 3.06. The van der Waals surface area contributed by atoms with E-state index in [1.54, 1.807) is 13.0 Å². The number of amides is 1. The second-order valence-corrected chi connectivity index (χ2v) is 4.19. The van der Waals surface area contributed by atoms with Crippen LogP contribution in [0.3, 0.4) is 0 Å². The fourth-order valence-corrected chi connectivity index (χ4v) is 1.77. The van der Waals surface area contributed by atoms with Crippen LogP contribution in [0.2, 0.25) is 0 Å². The maximum absolute atomic E-state index is 11.8. The molecule has 1 rings (SSSR count). The van der Waals surface area contributed by atoms with Gasteiger partial charge in [0.1, 0.15) is 4.47 Å². The summed E-state index contributed by atoms with van der Waals surface area (Å²) in [7, 11) is 0. The zero-order valence-electron chi connectivity index (χ0n) is 9.14. The van der Waals surface area contributed by atoms with Crippen LogP contribution in [0.5, 0.6) is 0 Å². The van der Waals surface area contributed by atoms with Crippen LogP contribution in [-0.2, 0) is 0 Å². The fraction of sp³-hybridized carbons (Fsp3) is 0.182. The number of benzene rings is 1. The number of nitrogens with one attached hydrogen (secondary N) is 1. The van der Waals surface area contributed by atoms with E-state index < -0.39 is 4.92 Å². The van der Waals surface area contributed by atoms with Crippen molar-refractivity contribution in [2.24, 2.45) is 0 Å². The molecule has 0 saturated heterocycles. The van der Waals surface area contributed by atoms with Crippen molar-refractivity contribution in [2.75, 3.05) is 0 Å². The molecule has 1 aromatic carbocycles. The quantitative estimate of drug-likeness (QED) is 0.528. The van der Waals surface area contributed by atoms with Crippen molar-refractivity contribution < 1.29 is 9.72 Å². The van der Waals surface area contributed by atoms with E-state index in [9.17, 15) is 14.9 Å². The Hall–Kier alpha value is -1.69. The Morgan fingerprint density at radius 1 is 1.65 bits per heavy atom. The third-order valence-electron chi connectivity index (χ3n) is 2.13. The summed E-state index contributed by atoms with van der Waals surface area (Å²) in [5, 5.41) is 13.3. The second-order valence-electron chi connectivity index (χ2n) is 3.39. The molecule has 0 heterocycles. The van der Waals surface area contributed by atoms with E-state index in [0.717, 1.165) is 0 Å². The van der Waals surface area contributed by atoms with Gasteiger partial charge in [-0.2, -0.15) is 0 Å². The molecule has 5 nitrogen and oxygen atoms in total. The summed E-state index contributed by atoms with van der Waals surface area (Å²) < 4.78 is 0.179. The number of hydrogen-bond acceptors (Lipinski definition) is 3. The maximum atomic E-state index is 11.8. The third kappa shape index (κ3) is 3.13. The van der Waals surface area contributed by atoms with Crippen molar-refractivity contribution in [2.45, 2.75) is 13.0 Å². The zero-order valence-corrected chi connectivity index (χ0v) is 10.7. The van der Waals surface area contributed by atoms with E-state index >= 15 is 0 Å². The minimum absolute atomic E-state index is 0.135. The zero-order chi connectivity index (χ0) is 13.0. The minimum atomic E-state index is -0.544. The lowest BCUT2D eigenvalue weighted by Crippen LogP contribution is -2.31. The molecule has 0 fully saturated rings. The molecule has 17 heavy (non-hydrogen) atoms. The van der Waals surface area contributed by atoms with Gasteiger partial charge in [-0.05, 0) is 28.9 Å². The molecule has 0 aromatic heterocycles. The molecule has 90 valence electrons. The molecule has 1 unspecified atom stereocenters. The molecule has 1 atom stereocenters. The van der Waals surface area contributed by atoms with Crippen LogP contribution >= 0.6 is 15.9 Å². The lowest BCUT2D eigenvalue weighted by molar-refractivity contribution is -0.385. The number of rotatable bonds is 4. The molecule has 1 amide bonds. The summed E-state index contributed by atoms with van der Waals surface area (Å²) in [6.07, 6.45) is 1.57. The van der Waals surface area contributed by atoms with E-state index in [-0.39, 0.29) is 27.7 Å². The molecule has 0 aliphatic heterocycles. The molecule has 0 aliphatic rings. The average molecular weight is 299 g/mol. The number of carbonyl (C=O) groups is 1. The first-order chi connectivity index (χ1) is 7.97. The van der Waals surface area contributed by atoms with E-state index in [4.69, 9.17) is 0 Å². The molecule has 1 N–H and O–H groups in total. The summed E-state index contributed by atoms with van der Waals surface area (Å²) in [5.41, 5.74) is 0.0943. The molecular formula is C11H11BrN2O3. The number of halogens is 1. The van der Waals surface area contributed by atoms with Gasteiger partial charge in [-0.1, -0.05) is 12.1 Å². The van der Waals surface area contributed by atoms with Crippen LogP contribution in [0, 0.1) is 10.1 Å².